The molecule has 5 rings (SSSR count). The summed E-state index contributed by atoms with van der Waals surface area (Å²) in [4.78, 5) is 16.2. The normalized spacial score (nSPS) is 12.2. The van der Waals surface area contributed by atoms with Crippen LogP contribution in [0.2, 0.25) is 0 Å². The van der Waals surface area contributed by atoms with Gasteiger partial charge in [0.15, 0.2) is 11.5 Å². The summed E-state index contributed by atoms with van der Waals surface area (Å²) in [5, 5.41) is 3.57. The zero-order valence-corrected chi connectivity index (χ0v) is 18.3. The molecule has 1 aliphatic rings. The molecule has 166 valence electrons. The van der Waals surface area contributed by atoms with Gasteiger partial charge in [0.25, 0.3) is 0 Å². The van der Waals surface area contributed by atoms with Crippen molar-refractivity contribution in [2.45, 2.75) is 19.4 Å². The Hall–Kier alpha value is -4.06. The van der Waals surface area contributed by atoms with Crippen LogP contribution in [0, 0.1) is 0 Å². The van der Waals surface area contributed by atoms with Gasteiger partial charge in [-0.15, -0.1) is 0 Å². The molecule has 6 heteroatoms. The van der Waals surface area contributed by atoms with Crippen molar-refractivity contribution in [3.05, 3.63) is 89.6 Å². The largest absolute Gasteiger partial charge is 0.489 e. The first-order valence-electron chi connectivity index (χ1n) is 10.9. The molecule has 1 N–H and O–H groups in total. The first-order valence-corrected chi connectivity index (χ1v) is 10.9. The van der Waals surface area contributed by atoms with Gasteiger partial charge in [-0.3, -0.25) is 9.78 Å². The minimum atomic E-state index is -0.0235. The molecular weight excluding hydrogens is 416 g/mol. The van der Waals surface area contributed by atoms with Crippen molar-refractivity contribution in [1.82, 2.24) is 10.3 Å². The number of likely N-dealkylation sites (N-methyl/N-ethyl adjacent to an activating group) is 1. The summed E-state index contributed by atoms with van der Waals surface area (Å²) in [7, 11) is 1.63. The van der Waals surface area contributed by atoms with E-state index in [1.165, 1.54) is 0 Å². The molecule has 0 saturated carbocycles. The molecular formula is C27H24N2O4. The molecule has 33 heavy (non-hydrogen) atoms. The quantitative estimate of drug-likeness (QED) is 0.446. The third-order valence-electron chi connectivity index (χ3n) is 5.64. The Morgan fingerprint density at radius 1 is 1.03 bits per heavy atom. The smallest absolute Gasteiger partial charge is 0.224 e. The van der Waals surface area contributed by atoms with E-state index in [9.17, 15) is 4.79 Å². The Bertz CT molecular complexity index is 1290. The van der Waals surface area contributed by atoms with E-state index in [-0.39, 0.29) is 5.91 Å². The van der Waals surface area contributed by atoms with Crippen LogP contribution in [0.1, 0.15) is 16.7 Å². The summed E-state index contributed by atoms with van der Waals surface area (Å²) < 4.78 is 18.3. The Morgan fingerprint density at radius 3 is 2.64 bits per heavy atom. The molecule has 0 spiro atoms. The summed E-state index contributed by atoms with van der Waals surface area (Å²) in [6.07, 6.45) is 2.84. The number of nitrogens with zero attached hydrogens (tertiary/aromatic N) is 1. The number of hydrogen-bond donors (Lipinski definition) is 1. The molecule has 6 nitrogen and oxygen atoms in total. The fraction of sp³-hybridized carbons (Fsp3) is 0.185. The second-order valence-corrected chi connectivity index (χ2v) is 7.85. The van der Waals surface area contributed by atoms with Crippen molar-refractivity contribution in [2.75, 3.05) is 13.7 Å². The third kappa shape index (κ3) is 4.46. The summed E-state index contributed by atoms with van der Waals surface area (Å²) in [5.74, 6) is 2.85. The molecule has 4 aromatic rings. The molecule has 0 unspecified atom stereocenters. The standard InChI is InChI=1S/C27H24N2O4/c1-28-25(30)15-18-7-9-20(10-8-18)33-23-11-13-29-22-16-24(27-21(26(22)23)12-14-31-27)32-17-19-5-3-2-4-6-19/h2-11,13,16H,12,14-15,17H2,1H3,(H,28,30). The van der Waals surface area contributed by atoms with Gasteiger partial charge in [-0.25, -0.2) is 0 Å². The number of rotatable bonds is 7. The van der Waals surface area contributed by atoms with Crippen LogP contribution in [0.25, 0.3) is 10.9 Å². The molecule has 1 aromatic heterocycles. The Labute approximate surface area is 192 Å². The van der Waals surface area contributed by atoms with E-state index in [0.717, 1.165) is 45.5 Å². The van der Waals surface area contributed by atoms with E-state index in [2.05, 4.69) is 10.3 Å². The predicted molar refractivity (Wildman–Crippen MR) is 126 cm³/mol. The Kier molecular flexibility index (Phi) is 5.81. The molecule has 0 saturated heterocycles. The predicted octanol–water partition coefficient (Wildman–Crippen LogP) is 4.83. The van der Waals surface area contributed by atoms with E-state index in [1.807, 2.05) is 66.7 Å². The lowest BCUT2D eigenvalue weighted by molar-refractivity contribution is -0.119. The number of aromatic nitrogens is 1. The molecule has 0 atom stereocenters. The van der Waals surface area contributed by atoms with Crippen molar-refractivity contribution in [1.29, 1.82) is 0 Å². The zero-order chi connectivity index (χ0) is 22.6. The van der Waals surface area contributed by atoms with Crippen molar-refractivity contribution in [3.63, 3.8) is 0 Å². The Morgan fingerprint density at radius 2 is 1.85 bits per heavy atom. The monoisotopic (exact) mass is 440 g/mol. The zero-order valence-electron chi connectivity index (χ0n) is 18.3. The average Bonchev–Trinajstić information content (AvgIpc) is 3.34. The second kappa shape index (κ2) is 9.20. The van der Waals surface area contributed by atoms with Gasteiger partial charge in [0, 0.05) is 31.3 Å². The van der Waals surface area contributed by atoms with Gasteiger partial charge < -0.3 is 19.5 Å². The summed E-state index contributed by atoms with van der Waals surface area (Å²) in [5.41, 5.74) is 3.87. The van der Waals surface area contributed by atoms with Gasteiger partial charge in [-0.2, -0.15) is 0 Å². The molecule has 0 fully saturated rings. The van der Waals surface area contributed by atoms with Crippen molar-refractivity contribution in [3.8, 4) is 23.0 Å². The fourth-order valence-corrected chi connectivity index (χ4v) is 3.98. The number of carbonyl (C=O) groups excluding carboxylic acids is 1. The van der Waals surface area contributed by atoms with E-state index in [4.69, 9.17) is 14.2 Å². The average molecular weight is 440 g/mol. The fourth-order valence-electron chi connectivity index (χ4n) is 3.98. The third-order valence-corrected chi connectivity index (χ3v) is 5.64. The van der Waals surface area contributed by atoms with Crippen LogP contribution >= 0.6 is 0 Å². The van der Waals surface area contributed by atoms with Crippen molar-refractivity contribution in [2.24, 2.45) is 0 Å². The number of fused-ring (bicyclic) bond motifs is 3. The highest BCUT2D eigenvalue weighted by Crippen LogP contribution is 2.44. The van der Waals surface area contributed by atoms with Crippen LogP contribution in [-0.2, 0) is 24.2 Å². The first kappa shape index (κ1) is 20.8. The highest BCUT2D eigenvalue weighted by atomic mass is 16.5. The SMILES string of the molecule is CNC(=O)Cc1ccc(Oc2ccnc3cc(OCc4ccccc4)c4c(c23)CCO4)cc1. The molecule has 0 bridgehead atoms. The van der Waals surface area contributed by atoms with E-state index in [0.29, 0.717) is 31.1 Å². The Balaban J connectivity index is 1.44. The van der Waals surface area contributed by atoms with Gasteiger partial charge in [-0.05, 0) is 29.3 Å². The molecule has 0 radical (unpaired) electrons. The minimum absolute atomic E-state index is 0.0235. The maximum absolute atomic E-state index is 11.6. The van der Waals surface area contributed by atoms with Crippen molar-refractivity contribution >= 4 is 16.8 Å². The number of carbonyl (C=O) groups is 1. The van der Waals surface area contributed by atoms with E-state index < -0.39 is 0 Å². The number of hydrogen-bond acceptors (Lipinski definition) is 5. The number of benzene rings is 3. The molecule has 3 aromatic carbocycles. The molecule has 0 aliphatic carbocycles. The lowest BCUT2D eigenvalue weighted by atomic mass is 10.0. The summed E-state index contributed by atoms with van der Waals surface area (Å²) in [6.45, 7) is 1.05. The van der Waals surface area contributed by atoms with Gasteiger partial charge >= 0.3 is 0 Å². The number of ether oxygens (including phenoxy) is 3. The first-order chi connectivity index (χ1) is 16.2. The van der Waals surface area contributed by atoms with Crippen molar-refractivity contribution < 1.29 is 19.0 Å². The number of amides is 1. The van der Waals surface area contributed by atoms with Gasteiger partial charge in [0.1, 0.15) is 18.1 Å². The van der Waals surface area contributed by atoms with E-state index in [1.54, 1.807) is 13.2 Å². The van der Waals surface area contributed by atoms with Crippen LogP contribution in [-0.4, -0.2) is 24.5 Å². The topological polar surface area (TPSA) is 69.7 Å². The van der Waals surface area contributed by atoms with Gasteiger partial charge in [0.05, 0.1) is 23.9 Å². The molecule has 1 amide bonds. The highest BCUT2D eigenvalue weighted by Gasteiger charge is 2.24. The number of nitrogens with one attached hydrogen (secondary N) is 1. The lowest BCUT2D eigenvalue weighted by Crippen LogP contribution is -2.19. The van der Waals surface area contributed by atoms with Crippen LogP contribution < -0.4 is 19.5 Å². The summed E-state index contributed by atoms with van der Waals surface area (Å²) >= 11 is 0. The van der Waals surface area contributed by atoms with Crippen LogP contribution in [0.15, 0.2) is 72.9 Å². The minimum Gasteiger partial charge on any atom is -0.489 e. The lowest BCUT2D eigenvalue weighted by Gasteiger charge is -2.15. The second-order valence-electron chi connectivity index (χ2n) is 7.85. The highest BCUT2D eigenvalue weighted by molar-refractivity contribution is 5.93. The van der Waals surface area contributed by atoms with Crippen LogP contribution in [0.4, 0.5) is 0 Å². The molecule has 1 aliphatic heterocycles. The van der Waals surface area contributed by atoms with Gasteiger partial charge in [0.2, 0.25) is 5.91 Å². The number of pyridine rings is 1. The molecule has 2 heterocycles. The van der Waals surface area contributed by atoms with Gasteiger partial charge in [-0.1, -0.05) is 42.5 Å². The van der Waals surface area contributed by atoms with Crippen LogP contribution in [0.5, 0.6) is 23.0 Å². The maximum atomic E-state index is 11.6. The maximum Gasteiger partial charge on any atom is 0.224 e. The summed E-state index contributed by atoms with van der Waals surface area (Å²) in [6, 6.07) is 21.4. The van der Waals surface area contributed by atoms with Crippen LogP contribution in [0.3, 0.4) is 0 Å². The van der Waals surface area contributed by atoms with E-state index >= 15 is 0 Å².